The average molecular weight is 282 g/mol. The summed E-state index contributed by atoms with van der Waals surface area (Å²) < 4.78 is 5.77. The second kappa shape index (κ2) is 5.53. The monoisotopic (exact) mass is 282 g/mol. The van der Waals surface area contributed by atoms with Crippen molar-refractivity contribution < 1.29 is 14.6 Å². The molecule has 3 rings (SSSR count). The third kappa shape index (κ3) is 2.53. The van der Waals surface area contributed by atoms with Gasteiger partial charge < -0.3 is 20.5 Å². The van der Waals surface area contributed by atoms with Crippen molar-refractivity contribution in [3.8, 4) is 0 Å². The average Bonchev–Trinajstić information content (AvgIpc) is 3.16. The van der Waals surface area contributed by atoms with Gasteiger partial charge in [0.05, 0.1) is 12.2 Å². The van der Waals surface area contributed by atoms with Crippen LogP contribution in [0.3, 0.4) is 0 Å². The molecule has 3 aliphatic carbocycles. The summed E-state index contributed by atoms with van der Waals surface area (Å²) in [6.07, 6.45) is 6.61. The molecular weight excluding hydrogens is 256 g/mol. The van der Waals surface area contributed by atoms with Gasteiger partial charge in [-0.3, -0.25) is 0 Å². The van der Waals surface area contributed by atoms with Crippen molar-refractivity contribution in [1.29, 1.82) is 0 Å². The van der Waals surface area contributed by atoms with Gasteiger partial charge in [-0.2, -0.15) is 0 Å². The van der Waals surface area contributed by atoms with Gasteiger partial charge in [-0.1, -0.05) is 6.42 Å². The Hall–Kier alpha value is -0.810. The summed E-state index contributed by atoms with van der Waals surface area (Å²) in [5, 5.41) is 15.6. The smallest absolute Gasteiger partial charge is 0.315 e. The lowest BCUT2D eigenvalue weighted by Crippen LogP contribution is -2.68. The second-order valence-electron chi connectivity index (χ2n) is 6.58. The van der Waals surface area contributed by atoms with E-state index in [0.717, 1.165) is 38.7 Å². The van der Waals surface area contributed by atoms with Crippen LogP contribution in [0.25, 0.3) is 0 Å². The Morgan fingerprint density at radius 1 is 1.45 bits per heavy atom. The van der Waals surface area contributed by atoms with Crippen molar-refractivity contribution >= 4 is 6.03 Å². The van der Waals surface area contributed by atoms with E-state index in [-0.39, 0.29) is 23.6 Å². The Morgan fingerprint density at radius 3 is 2.75 bits per heavy atom. The van der Waals surface area contributed by atoms with Crippen LogP contribution in [0, 0.1) is 11.3 Å². The Labute approximate surface area is 120 Å². The fourth-order valence-electron chi connectivity index (χ4n) is 3.69. The van der Waals surface area contributed by atoms with Crippen LogP contribution in [0.15, 0.2) is 0 Å². The first kappa shape index (κ1) is 14.1. The first-order valence-corrected chi connectivity index (χ1v) is 8.00. The standard InChI is InChI=1S/C15H26N2O3/c1-2-20-13-8-12(15(13)6-3-7-15)17-14(19)16-9-11(18)10-4-5-10/h10-13,18H,2-9H2,1H3,(H2,16,17,19)/t11-,12+,13+/m0/s1. The van der Waals surface area contributed by atoms with Gasteiger partial charge in [-0.05, 0) is 44.9 Å². The molecule has 0 saturated heterocycles. The van der Waals surface area contributed by atoms with E-state index in [1.807, 2.05) is 6.92 Å². The normalized spacial score (nSPS) is 32.1. The van der Waals surface area contributed by atoms with Crippen molar-refractivity contribution in [3.63, 3.8) is 0 Å². The molecular formula is C15H26N2O3. The lowest BCUT2D eigenvalue weighted by molar-refractivity contribution is -0.169. The molecule has 5 nitrogen and oxygen atoms in total. The summed E-state index contributed by atoms with van der Waals surface area (Å²) in [5.41, 5.74) is 0.197. The van der Waals surface area contributed by atoms with Crippen LogP contribution >= 0.6 is 0 Å². The maximum atomic E-state index is 11.9. The molecule has 3 saturated carbocycles. The minimum atomic E-state index is -0.379. The van der Waals surface area contributed by atoms with Gasteiger partial charge >= 0.3 is 6.03 Å². The van der Waals surface area contributed by atoms with Gasteiger partial charge in [-0.15, -0.1) is 0 Å². The van der Waals surface area contributed by atoms with Crippen LogP contribution in [0.1, 0.15) is 45.4 Å². The zero-order valence-electron chi connectivity index (χ0n) is 12.2. The summed E-state index contributed by atoms with van der Waals surface area (Å²) in [7, 11) is 0. The van der Waals surface area contributed by atoms with E-state index in [9.17, 15) is 9.90 Å². The number of hydrogen-bond donors (Lipinski definition) is 3. The number of carbonyl (C=O) groups is 1. The molecule has 114 valence electrons. The zero-order valence-corrected chi connectivity index (χ0v) is 12.2. The number of rotatable bonds is 6. The number of hydrogen-bond acceptors (Lipinski definition) is 3. The fraction of sp³-hybridized carbons (Fsp3) is 0.933. The van der Waals surface area contributed by atoms with Gasteiger partial charge in [0, 0.05) is 24.6 Å². The summed E-state index contributed by atoms with van der Waals surface area (Å²) in [4.78, 5) is 11.9. The summed E-state index contributed by atoms with van der Waals surface area (Å²) in [6.45, 7) is 3.14. The lowest BCUT2D eigenvalue weighted by Gasteiger charge is -2.60. The summed E-state index contributed by atoms with van der Waals surface area (Å²) in [5.74, 6) is 0.402. The maximum absolute atomic E-state index is 11.9. The Kier molecular flexibility index (Phi) is 3.91. The number of aliphatic hydroxyl groups is 1. The molecule has 0 bridgehead atoms. The number of urea groups is 1. The van der Waals surface area contributed by atoms with E-state index >= 15 is 0 Å². The minimum absolute atomic E-state index is 0.143. The summed E-state index contributed by atoms with van der Waals surface area (Å²) >= 11 is 0. The van der Waals surface area contributed by atoms with Crippen molar-refractivity contribution in [2.24, 2.45) is 11.3 Å². The number of carbonyl (C=O) groups excluding carboxylic acids is 1. The highest BCUT2D eigenvalue weighted by Gasteiger charge is 2.59. The van der Waals surface area contributed by atoms with Gasteiger partial charge in [0.1, 0.15) is 0 Å². The van der Waals surface area contributed by atoms with Crippen LogP contribution in [0.4, 0.5) is 4.79 Å². The molecule has 5 heteroatoms. The number of aliphatic hydroxyl groups excluding tert-OH is 1. The first-order valence-electron chi connectivity index (χ1n) is 8.00. The molecule has 1 spiro atoms. The van der Waals surface area contributed by atoms with E-state index in [1.165, 1.54) is 6.42 Å². The van der Waals surface area contributed by atoms with E-state index in [4.69, 9.17) is 4.74 Å². The fourth-order valence-corrected chi connectivity index (χ4v) is 3.69. The Balaban J connectivity index is 1.42. The van der Waals surface area contributed by atoms with E-state index < -0.39 is 0 Å². The van der Waals surface area contributed by atoms with Gasteiger partial charge in [0.15, 0.2) is 0 Å². The third-order valence-electron chi connectivity index (χ3n) is 5.38. The molecule has 3 fully saturated rings. The van der Waals surface area contributed by atoms with Crippen molar-refractivity contribution in [2.75, 3.05) is 13.2 Å². The van der Waals surface area contributed by atoms with Crippen molar-refractivity contribution in [1.82, 2.24) is 10.6 Å². The molecule has 0 aromatic heterocycles. The van der Waals surface area contributed by atoms with E-state index in [1.54, 1.807) is 0 Å². The van der Waals surface area contributed by atoms with E-state index in [0.29, 0.717) is 18.6 Å². The number of ether oxygens (including phenoxy) is 1. The quantitative estimate of drug-likeness (QED) is 0.690. The van der Waals surface area contributed by atoms with Crippen molar-refractivity contribution in [2.45, 2.75) is 63.7 Å². The zero-order chi connectivity index (χ0) is 14.2. The maximum Gasteiger partial charge on any atom is 0.315 e. The van der Waals surface area contributed by atoms with Crippen molar-refractivity contribution in [3.05, 3.63) is 0 Å². The molecule has 0 aromatic carbocycles. The molecule has 0 unspecified atom stereocenters. The molecule has 3 N–H and O–H groups in total. The number of nitrogens with one attached hydrogen (secondary N) is 2. The van der Waals surface area contributed by atoms with Crippen LogP contribution < -0.4 is 10.6 Å². The number of amides is 2. The molecule has 0 aromatic rings. The second-order valence-corrected chi connectivity index (χ2v) is 6.58. The van der Waals surface area contributed by atoms with Gasteiger partial charge in [0.25, 0.3) is 0 Å². The van der Waals surface area contributed by atoms with Gasteiger partial charge in [-0.25, -0.2) is 4.79 Å². The van der Waals surface area contributed by atoms with Crippen LogP contribution in [-0.4, -0.2) is 42.5 Å². The highest BCUT2D eigenvalue weighted by molar-refractivity contribution is 5.74. The third-order valence-corrected chi connectivity index (χ3v) is 5.38. The van der Waals surface area contributed by atoms with Gasteiger partial charge in [0.2, 0.25) is 0 Å². The van der Waals surface area contributed by atoms with E-state index in [2.05, 4.69) is 10.6 Å². The highest BCUT2D eigenvalue weighted by atomic mass is 16.5. The van der Waals surface area contributed by atoms with Crippen LogP contribution in [0.5, 0.6) is 0 Å². The summed E-state index contributed by atoms with van der Waals surface area (Å²) in [6, 6.07) is 0.0989. The van der Waals surface area contributed by atoms with Crippen LogP contribution in [-0.2, 0) is 4.74 Å². The molecule has 0 heterocycles. The predicted octanol–water partition coefficient (Wildman–Crippen LogP) is 1.40. The largest absolute Gasteiger partial charge is 0.391 e. The molecule has 2 amide bonds. The topological polar surface area (TPSA) is 70.6 Å². The van der Waals surface area contributed by atoms with Crippen LogP contribution in [0.2, 0.25) is 0 Å². The molecule has 3 atom stereocenters. The molecule has 3 aliphatic rings. The Bertz CT molecular complexity index is 366. The predicted molar refractivity (Wildman–Crippen MR) is 75.4 cm³/mol. The Morgan fingerprint density at radius 2 is 2.20 bits per heavy atom. The SMILES string of the molecule is CCO[C@@H]1C[C@@H](NC(=O)NC[C@H](O)C2CC2)C12CCC2. The minimum Gasteiger partial charge on any atom is -0.391 e. The molecule has 0 radical (unpaired) electrons. The highest BCUT2D eigenvalue weighted by Crippen LogP contribution is 2.57. The molecule has 20 heavy (non-hydrogen) atoms. The lowest BCUT2D eigenvalue weighted by atomic mass is 9.51. The first-order chi connectivity index (χ1) is 9.65. The molecule has 0 aliphatic heterocycles.